The average Bonchev–Trinajstić information content (AvgIpc) is 3.17. The van der Waals surface area contributed by atoms with Crippen molar-refractivity contribution in [3.63, 3.8) is 0 Å². The van der Waals surface area contributed by atoms with Crippen molar-refractivity contribution in [3.05, 3.63) is 0 Å². The molecule has 0 heterocycles. The Morgan fingerprint density at radius 2 is 0.727 bits per heavy atom. The van der Waals surface area contributed by atoms with Crippen LogP contribution in [0.3, 0.4) is 0 Å². The fraction of sp³-hybridized carbons (Fsp3) is 0.886. The Kier molecular flexibility index (Phi) is 34.9. The highest BCUT2D eigenvalue weighted by Gasteiger charge is 2.57. The number of ether oxygens (including phenoxy) is 6. The molecule has 0 N–H and O–H groups in total. The van der Waals surface area contributed by atoms with Gasteiger partial charge in [0.1, 0.15) is 0 Å². The van der Waals surface area contributed by atoms with E-state index in [4.69, 9.17) is 28.4 Å². The predicted molar refractivity (Wildman–Crippen MR) is 216 cm³/mol. The molecule has 55 heavy (non-hydrogen) atoms. The van der Waals surface area contributed by atoms with Crippen LogP contribution < -0.4 is 0 Å². The summed E-state index contributed by atoms with van der Waals surface area (Å²) in [5.74, 6) is -3.27. The number of carbonyl (C=O) groups excluding carboxylic acids is 5. The molecule has 0 aliphatic carbocycles. The molecule has 11 heteroatoms. The lowest BCUT2D eigenvalue weighted by atomic mass is 9.82. The number of hydrogen-bond acceptors (Lipinski definition) is 11. The summed E-state index contributed by atoms with van der Waals surface area (Å²) in [4.78, 5) is 66.5. The minimum absolute atomic E-state index is 0.0813. The van der Waals surface area contributed by atoms with Gasteiger partial charge in [-0.2, -0.15) is 0 Å². The maximum absolute atomic E-state index is 13.8. The van der Waals surface area contributed by atoms with E-state index in [0.29, 0.717) is 57.8 Å². The van der Waals surface area contributed by atoms with Gasteiger partial charge in [0.2, 0.25) is 6.10 Å². The minimum atomic E-state index is -2.18. The van der Waals surface area contributed by atoms with Gasteiger partial charge in [0.05, 0.1) is 33.0 Å². The molecule has 2 atom stereocenters. The molecule has 0 radical (unpaired) electrons. The lowest BCUT2D eigenvalue weighted by Gasteiger charge is -2.27. The lowest BCUT2D eigenvalue weighted by Crippen LogP contribution is -2.49. The zero-order valence-electron chi connectivity index (χ0n) is 35.7. The molecule has 0 aliphatic rings. The molecule has 11 nitrogen and oxygen atoms in total. The zero-order valence-corrected chi connectivity index (χ0v) is 35.7. The summed E-state index contributed by atoms with van der Waals surface area (Å²) in [5.41, 5.74) is -2.18. The molecule has 0 rings (SSSR count). The van der Waals surface area contributed by atoms with Crippen molar-refractivity contribution >= 4 is 30.0 Å². The normalized spacial score (nSPS) is 12.7. The summed E-state index contributed by atoms with van der Waals surface area (Å²) >= 11 is 0. The second kappa shape index (κ2) is 36.8. The van der Waals surface area contributed by atoms with E-state index in [1.54, 1.807) is 0 Å². The summed E-state index contributed by atoms with van der Waals surface area (Å²) in [6.07, 6.45) is 19.8. The van der Waals surface area contributed by atoms with Crippen LogP contribution >= 0.6 is 0 Å². The van der Waals surface area contributed by atoms with Gasteiger partial charge >= 0.3 is 30.0 Å². The Morgan fingerprint density at radius 3 is 1.22 bits per heavy atom. The van der Waals surface area contributed by atoms with Crippen molar-refractivity contribution in [2.24, 2.45) is 5.41 Å². The molecule has 0 bridgehead atoms. The number of hydrogen-bond donors (Lipinski definition) is 0. The van der Waals surface area contributed by atoms with Crippen LogP contribution in [0.1, 0.15) is 208 Å². The van der Waals surface area contributed by atoms with Crippen molar-refractivity contribution in [1.82, 2.24) is 0 Å². The van der Waals surface area contributed by atoms with E-state index in [-0.39, 0.29) is 45.9 Å². The van der Waals surface area contributed by atoms with Crippen LogP contribution in [-0.4, -0.2) is 69.2 Å². The van der Waals surface area contributed by atoms with Gasteiger partial charge in [-0.1, -0.05) is 157 Å². The lowest BCUT2D eigenvalue weighted by molar-refractivity contribution is -0.185. The van der Waals surface area contributed by atoms with Crippen LogP contribution in [-0.2, 0) is 47.6 Å². The number of esters is 4. The topological polar surface area (TPSA) is 141 Å². The van der Waals surface area contributed by atoms with Gasteiger partial charge < -0.3 is 28.4 Å². The first-order chi connectivity index (χ1) is 26.7. The van der Waals surface area contributed by atoms with E-state index in [1.807, 2.05) is 13.8 Å². The van der Waals surface area contributed by atoms with Crippen molar-refractivity contribution in [2.75, 3.05) is 33.0 Å². The van der Waals surface area contributed by atoms with Gasteiger partial charge in [0, 0.05) is 0 Å². The van der Waals surface area contributed by atoms with Gasteiger partial charge in [-0.15, -0.1) is 0 Å². The number of rotatable bonds is 38. The minimum Gasteiger partial charge on any atom is -0.464 e. The molecule has 0 aromatic carbocycles. The smallest absolute Gasteiger partial charge is 0.464 e. The largest absolute Gasteiger partial charge is 0.509 e. The Labute approximate surface area is 334 Å². The Bertz CT molecular complexity index is 985. The van der Waals surface area contributed by atoms with Crippen LogP contribution in [0.5, 0.6) is 0 Å². The van der Waals surface area contributed by atoms with Crippen molar-refractivity contribution < 1.29 is 52.4 Å². The number of unbranched alkanes of at least 4 members (excludes halogenated alkanes) is 19. The molecule has 0 aliphatic heterocycles. The van der Waals surface area contributed by atoms with E-state index in [9.17, 15) is 24.0 Å². The van der Waals surface area contributed by atoms with Gasteiger partial charge in [0.25, 0.3) is 5.41 Å². The fourth-order valence-electron chi connectivity index (χ4n) is 6.08. The molecule has 322 valence electrons. The second-order valence-corrected chi connectivity index (χ2v) is 14.8. The molecular weight excluding hydrogens is 704 g/mol. The molecule has 0 aromatic heterocycles. The van der Waals surface area contributed by atoms with Crippen molar-refractivity contribution in [3.8, 4) is 0 Å². The fourth-order valence-corrected chi connectivity index (χ4v) is 6.08. The highest BCUT2D eigenvalue weighted by Crippen LogP contribution is 2.32. The van der Waals surface area contributed by atoms with Crippen molar-refractivity contribution in [1.29, 1.82) is 0 Å². The highest BCUT2D eigenvalue weighted by atomic mass is 16.7. The predicted octanol–water partition coefficient (Wildman–Crippen LogP) is 11.3. The monoisotopic (exact) mass is 785 g/mol. The summed E-state index contributed by atoms with van der Waals surface area (Å²) in [6.45, 7) is 11.3. The van der Waals surface area contributed by atoms with Gasteiger partial charge in [-0.25, -0.2) is 9.59 Å². The van der Waals surface area contributed by atoms with E-state index >= 15 is 0 Å². The van der Waals surface area contributed by atoms with Gasteiger partial charge in [-0.05, 0) is 51.4 Å². The molecule has 2 unspecified atom stereocenters. The van der Waals surface area contributed by atoms with Crippen molar-refractivity contribution in [2.45, 2.75) is 214 Å². The van der Waals surface area contributed by atoms with Crippen LogP contribution in [0.2, 0.25) is 0 Å². The zero-order chi connectivity index (χ0) is 40.8. The third-order valence-electron chi connectivity index (χ3n) is 9.72. The molecule has 0 amide bonds. The SMILES string of the molecule is CCCCCCCCOC(=O)OC(CCCCCCCC(C(=O)OCCCCC)(C(=O)OCCCCCC)C(=O)OCCCCCCC)C(=O)OCCCC. The highest BCUT2D eigenvalue weighted by molar-refractivity contribution is 6.17. The van der Waals surface area contributed by atoms with Crippen LogP contribution in [0, 0.1) is 5.41 Å². The Hall–Kier alpha value is -2.85. The van der Waals surface area contributed by atoms with Gasteiger partial charge in [0.15, 0.2) is 0 Å². The summed E-state index contributed by atoms with van der Waals surface area (Å²) in [6, 6.07) is 0. The molecule has 0 fully saturated rings. The molecule has 0 saturated heterocycles. The van der Waals surface area contributed by atoms with E-state index in [0.717, 1.165) is 89.9 Å². The third kappa shape index (κ3) is 25.8. The first-order valence-corrected chi connectivity index (χ1v) is 22.3. The number of carbonyl (C=O) groups is 5. The first-order valence-electron chi connectivity index (χ1n) is 22.3. The van der Waals surface area contributed by atoms with E-state index in [2.05, 4.69) is 20.8 Å². The quantitative estimate of drug-likeness (QED) is 0.0255. The van der Waals surface area contributed by atoms with E-state index in [1.165, 1.54) is 12.8 Å². The average molecular weight is 785 g/mol. The van der Waals surface area contributed by atoms with Crippen LogP contribution in [0.25, 0.3) is 0 Å². The Balaban J connectivity index is 5.48. The first kappa shape index (κ1) is 52.2. The summed E-state index contributed by atoms with van der Waals surface area (Å²) in [5, 5.41) is 0. The molecule has 0 aromatic rings. The maximum Gasteiger partial charge on any atom is 0.509 e. The van der Waals surface area contributed by atoms with Crippen LogP contribution in [0.4, 0.5) is 4.79 Å². The Morgan fingerprint density at radius 1 is 0.382 bits per heavy atom. The second-order valence-electron chi connectivity index (χ2n) is 14.8. The third-order valence-corrected chi connectivity index (χ3v) is 9.72. The maximum atomic E-state index is 13.8. The van der Waals surface area contributed by atoms with Crippen LogP contribution in [0.15, 0.2) is 0 Å². The molecule has 0 saturated carbocycles. The molecular formula is C44H80O11. The van der Waals surface area contributed by atoms with Gasteiger partial charge in [-0.3, -0.25) is 14.4 Å². The molecule has 0 spiro atoms. The standard InChI is InChI=1S/C44H80O11/c1-6-11-16-19-24-30-37-54-43(49)55-38(39(45)50-33-15-10-5)31-25-21-20-22-26-32-44(40(46)51-34-27-14-9-4,41(47)52-35-28-18-13-8-3)42(48)53-36-29-23-17-12-7-2/h38H,6-37H2,1-5H3. The summed E-state index contributed by atoms with van der Waals surface area (Å²) < 4.78 is 32.8. The summed E-state index contributed by atoms with van der Waals surface area (Å²) in [7, 11) is 0. The van der Waals surface area contributed by atoms with E-state index < -0.39 is 41.6 Å².